The SMILES string of the molecule is CCCC(CC)N1CC(=O)NC(C(C)CC)C1=O. The van der Waals surface area contributed by atoms with Gasteiger partial charge in [0.15, 0.2) is 0 Å². The van der Waals surface area contributed by atoms with E-state index in [1.165, 1.54) is 0 Å². The van der Waals surface area contributed by atoms with Crippen LogP contribution in [0.2, 0.25) is 0 Å². The third kappa shape index (κ3) is 3.24. The van der Waals surface area contributed by atoms with E-state index in [1.807, 2.05) is 13.8 Å². The van der Waals surface area contributed by atoms with Crippen LogP contribution in [-0.2, 0) is 9.59 Å². The smallest absolute Gasteiger partial charge is 0.246 e. The Bertz CT molecular complexity index is 304. The fraction of sp³-hybridized carbons (Fsp3) is 0.857. The molecule has 4 nitrogen and oxygen atoms in total. The second kappa shape index (κ2) is 6.76. The minimum Gasteiger partial charge on any atom is -0.342 e. The van der Waals surface area contributed by atoms with Crippen LogP contribution >= 0.6 is 0 Å². The van der Waals surface area contributed by atoms with Gasteiger partial charge in [-0.2, -0.15) is 0 Å². The molecular weight excluding hydrogens is 228 g/mol. The molecule has 1 rings (SSSR count). The van der Waals surface area contributed by atoms with E-state index < -0.39 is 0 Å². The highest BCUT2D eigenvalue weighted by Crippen LogP contribution is 2.19. The predicted molar refractivity (Wildman–Crippen MR) is 72.1 cm³/mol. The van der Waals surface area contributed by atoms with Crippen LogP contribution in [-0.4, -0.2) is 35.3 Å². The first-order chi connectivity index (χ1) is 8.54. The zero-order valence-corrected chi connectivity index (χ0v) is 12.0. The Kier molecular flexibility index (Phi) is 5.63. The number of nitrogens with zero attached hydrogens (tertiary/aromatic N) is 1. The molecule has 0 bridgehead atoms. The highest BCUT2D eigenvalue weighted by atomic mass is 16.2. The zero-order valence-electron chi connectivity index (χ0n) is 12.0. The Labute approximate surface area is 110 Å². The highest BCUT2D eigenvalue weighted by molar-refractivity contribution is 5.95. The monoisotopic (exact) mass is 254 g/mol. The van der Waals surface area contributed by atoms with Gasteiger partial charge in [0.05, 0.1) is 6.54 Å². The van der Waals surface area contributed by atoms with Crippen LogP contribution in [0, 0.1) is 5.92 Å². The van der Waals surface area contributed by atoms with Crippen molar-refractivity contribution in [1.29, 1.82) is 0 Å². The molecule has 1 saturated heterocycles. The molecule has 2 amide bonds. The van der Waals surface area contributed by atoms with Gasteiger partial charge in [0.25, 0.3) is 0 Å². The van der Waals surface area contributed by atoms with E-state index >= 15 is 0 Å². The van der Waals surface area contributed by atoms with Gasteiger partial charge in [0.1, 0.15) is 6.04 Å². The molecule has 4 heteroatoms. The van der Waals surface area contributed by atoms with Crippen molar-refractivity contribution in [1.82, 2.24) is 10.2 Å². The van der Waals surface area contributed by atoms with Crippen LogP contribution in [0.3, 0.4) is 0 Å². The molecule has 0 aliphatic carbocycles. The average Bonchev–Trinajstić information content (AvgIpc) is 2.37. The van der Waals surface area contributed by atoms with Gasteiger partial charge >= 0.3 is 0 Å². The van der Waals surface area contributed by atoms with E-state index in [0.29, 0.717) is 0 Å². The van der Waals surface area contributed by atoms with Crippen molar-refractivity contribution in [3.05, 3.63) is 0 Å². The largest absolute Gasteiger partial charge is 0.342 e. The topological polar surface area (TPSA) is 49.4 Å². The summed E-state index contributed by atoms with van der Waals surface area (Å²) < 4.78 is 0. The number of nitrogens with one attached hydrogen (secondary N) is 1. The molecule has 0 saturated carbocycles. The predicted octanol–water partition coefficient (Wildman–Crippen LogP) is 1.94. The van der Waals surface area contributed by atoms with Crippen molar-refractivity contribution >= 4 is 11.8 Å². The number of piperazine rings is 1. The second-order valence-electron chi connectivity index (χ2n) is 5.25. The molecule has 3 unspecified atom stereocenters. The summed E-state index contributed by atoms with van der Waals surface area (Å²) in [5.41, 5.74) is 0. The van der Waals surface area contributed by atoms with Crippen LogP contribution in [0.4, 0.5) is 0 Å². The van der Waals surface area contributed by atoms with Gasteiger partial charge in [-0.3, -0.25) is 9.59 Å². The molecule has 1 N–H and O–H groups in total. The molecule has 1 aliphatic heterocycles. The van der Waals surface area contributed by atoms with E-state index in [4.69, 9.17) is 0 Å². The van der Waals surface area contributed by atoms with E-state index in [2.05, 4.69) is 19.2 Å². The molecule has 0 aromatic carbocycles. The lowest BCUT2D eigenvalue weighted by Crippen LogP contribution is -2.62. The van der Waals surface area contributed by atoms with E-state index in [9.17, 15) is 9.59 Å². The first-order valence-corrected chi connectivity index (χ1v) is 7.14. The maximum absolute atomic E-state index is 12.5. The van der Waals surface area contributed by atoms with Crippen LogP contribution in [0.15, 0.2) is 0 Å². The summed E-state index contributed by atoms with van der Waals surface area (Å²) in [6, 6.07) is -0.123. The lowest BCUT2D eigenvalue weighted by Gasteiger charge is -2.39. The molecule has 1 aliphatic rings. The van der Waals surface area contributed by atoms with Gasteiger partial charge in [-0.05, 0) is 18.8 Å². The van der Waals surface area contributed by atoms with E-state index in [-0.39, 0.29) is 36.4 Å². The summed E-state index contributed by atoms with van der Waals surface area (Å²) in [6.07, 6.45) is 3.83. The Morgan fingerprint density at radius 1 is 1.28 bits per heavy atom. The molecule has 0 radical (unpaired) electrons. The first kappa shape index (κ1) is 15.0. The molecule has 3 atom stereocenters. The molecule has 0 spiro atoms. The third-order valence-corrected chi connectivity index (χ3v) is 3.93. The van der Waals surface area contributed by atoms with Gasteiger partial charge in [-0.1, -0.05) is 40.5 Å². The van der Waals surface area contributed by atoms with Crippen molar-refractivity contribution in [3.63, 3.8) is 0 Å². The number of amides is 2. The van der Waals surface area contributed by atoms with Gasteiger partial charge in [-0.25, -0.2) is 0 Å². The molecule has 18 heavy (non-hydrogen) atoms. The van der Waals surface area contributed by atoms with Crippen LogP contribution < -0.4 is 5.32 Å². The van der Waals surface area contributed by atoms with Crippen molar-refractivity contribution in [2.45, 2.75) is 65.5 Å². The first-order valence-electron chi connectivity index (χ1n) is 7.14. The number of rotatable bonds is 6. The number of carbonyl (C=O) groups excluding carboxylic acids is 2. The normalized spacial score (nSPS) is 23.8. The van der Waals surface area contributed by atoms with Crippen LogP contribution in [0.25, 0.3) is 0 Å². The lowest BCUT2D eigenvalue weighted by molar-refractivity contribution is -0.148. The summed E-state index contributed by atoms with van der Waals surface area (Å²) in [4.78, 5) is 26.0. The number of hydrogen-bond donors (Lipinski definition) is 1. The van der Waals surface area contributed by atoms with E-state index in [0.717, 1.165) is 25.7 Å². The maximum atomic E-state index is 12.5. The summed E-state index contributed by atoms with van der Waals surface area (Å²) in [7, 11) is 0. The minimum atomic E-state index is -0.331. The Hall–Kier alpha value is -1.06. The molecule has 0 aromatic heterocycles. The van der Waals surface area contributed by atoms with Gasteiger partial charge in [0.2, 0.25) is 11.8 Å². The molecule has 104 valence electrons. The lowest BCUT2D eigenvalue weighted by atomic mass is 9.94. The fourth-order valence-electron chi connectivity index (χ4n) is 2.54. The minimum absolute atomic E-state index is 0.0190. The average molecular weight is 254 g/mol. The van der Waals surface area contributed by atoms with Crippen molar-refractivity contribution in [2.75, 3.05) is 6.54 Å². The number of hydrogen-bond acceptors (Lipinski definition) is 2. The molecule has 1 heterocycles. The highest BCUT2D eigenvalue weighted by Gasteiger charge is 2.37. The number of carbonyl (C=O) groups is 2. The second-order valence-corrected chi connectivity index (χ2v) is 5.25. The summed E-state index contributed by atoms with van der Waals surface area (Å²) in [5, 5.41) is 2.84. The van der Waals surface area contributed by atoms with Crippen LogP contribution in [0.5, 0.6) is 0 Å². The fourth-order valence-corrected chi connectivity index (χ4v) is 2.54. The molecule has 0 aromatic rings. The Morgan fingerprint density at radius 2 is 1.94 bits per heavy atom. The molecular formula is C14H26N2O2. The summed E-state index contributed by atoms with van der Waals surface area (Å²) >= 11 is 0. The van der Waals surface area contributed by atoms with Gasteiger partial charge in [-0.15, -0.1) is 0 Å². The molecule has 1 fully saturated rings. The van der Waals surface area contributed by atoms with Gasteiger partial charge in [0, 0.05) is 6.04 Å². The third-order valence-electron chi connectivity index (χ3n) is 3.93. The van der Waals surface area contributed by atoms with Crippen LogP contribution in [0.1, 0.15) is 53.4 Å². The standard InChI is InChI=1S/C14H26N2O2/c1-5-8-11(7-3)16-9-12(17)15-13(14(16)18)10(4)6-2/h10-11,13H,5-9H2,1-4H3,(H,15,17). The maximum Gasteiger partial charge on any atom is 0.246 e. The van der Waals surface area contributed by atoms with E-state index in [1.54, 1.807) is 4.90 Å². The summed E-state index contributed by atoms with van der Waals surface area (Å²) in [5.74, 6) is 0.280. The summed E-state index contributed by atoms with van der Waals surface area (Å²) in [6.45, 7) is 8.49. The van der Waals surface area contributed by atoms with Crippen molar-refractivity contribution < 1.29 is 9.59 Å². The quantitative estimate of drug-likeness (QED) is 0.787. The van der Waals surface area contributed by atoms with Crippen molar-refractivity contribution in [3.8, 4) is 0 Å². The van der Waals surface area contributed by atoms with Gasteiger partial charge < -0.3 is 10.2 Å². The Balaban J connectivity index is 2.84. The van der Waals surface area contributed by atoms with Crippen molar-refractivity contribution in [2.24, 2.45) is 5.92 Å². The zero-order chi connectivity index (χ0) is 13.7. The Morgan fingerprint density at radius 3 is 2.44 bits per heavy atom.